The second-order valence-electron chi connectivity index (χ2n) is 3.84. The minimum atomic E-state index is -0.865. The first-order valence-electron chi connectivity index (χ1n) is 5.55. The zero-order valence-electron chi connectivity index (χ0n) is 9.78. The van der Waals surface area contributed by atoms with Gasteiger partial charge in [-0.15, -0.1) is 0 Å². The molecule has 0 aliphatic rings. The summed E-state index contributed by atoms with van der Waals surface area (Å²) in [6.45, 7) is 0.335. The zero-order chi connectivity index (χ0) is 13.5. The van der Waals surface area contributed by atoms with Gasteiger partial charge in [-0.3, -0.25) is 9.59 Å². The zero-order valence-corrected chi connectivity index (χ0v) is 9.78. The summed E-state index contributed by atoms with van der Waals surface area (Å²) in [7, 11) is 0. The van der Waals surface area contributed by atoms with Crippen LogP contribution in [0.5, 0.6) is 0 Å². The Morgan fingerprint density at radius 2 is 2.06 bits per heavy atom. The number of nitrogens with one attached hydrogen (secondary N) is 1. The van der Waals surface area contributed by atoms with Crippen LogP contribution >= 0.6 is 0 Å². The van der Waals surface area contributed by atoms with E-state index < -0.39 is 17.7 Å². The topological polar surface area (TPSA) is 92.4 Å². The number of carboxylic acids is 1. The van der Waals surface area contributed by atoms with Crippen molar-refractivity contribution in [1.29, 1.82) is 0 Å². The fourth-order valence-electron chi connectivity index (χ4n) is 1.42. The average molecular weight is 254 g/mol. The van der Waals surface area contributed by atoms with Gasteiger partial charge in [0.15, 0.2) is 0 Å². The summed E-state index contributed by atoms with van der Waals surface area (Å²) in [5.74, 6) is -1.85. The molecule has 4 N–H and O–H groups in total. The Morgan fingerprint density at radius 1 is 1.33 bits per heavy atom. The molecule has 1 aromatic carbocycles. The van der Waals surface area contributed by atoms with E-state index in [0.717, 1.165) is 6.07 Å². The number of hydrogen-bond acceptors (Lipinski definition) is 3. The van der Waals surface area contributed by atoms with Gasteiger partial charge in [0, 0.05) is 18.7 Å². The first kappa shape index (κ1) is 14.0. The number of aliphatic carboxylic acids is 1. The van der Waals surface area contributed by atoms with Crippen molar-refractivity contribution in [2.24, 2.45) is 0 Å². The first-order chi connectivity index (χ1) is 8.50. The maximum Gasteiger partial charge on any atom is 0.303 e. The van der Waals surface area contributed by atoms with E-state index in [9.17, 15) is 14.0 Å². The quantitative estimate of drug-likeness (QED) is 0.528. The maximum absolute atomic E-state index is 12.9. The molecule has 6 heteroatoms. The molecule has 0 fully saturated rings. The van der Waals surface area contributed by atoms with Crippen molar-refractivity contribution in [3.8, 4) is 0 Å². The molecule has 0 aliphatic carbocycles. The number of halogens is 1. The summed E-state index contributed by atoms with van der Waals surface area (Å²) >= 11 is 0. The van der Waals surface area contributed by atoms with Gasteiger partial charge in [0.1, 0.15) is 5.82 Å². The third kappa shape index (κ3) is 4.40. The van der Waals surface area contributed by atoms with Gasteiger partial charge in [0.05, 0.1) is 5.56 Å². The Kier molecular flexibility index (Phi) is 5.10. The predicted octanol–water partition coefficient (Wildman–Crippen LogP) is 1.39. The molecule has 0 bridgehead atoms. The molecule has 18 heavy (non-hydrogen) atoms. The molecule has 1 amide bonds. The highest BCUT2D eigenvalue weighted by Crippen LogP contribution is 2.13. The van der Waals surface area contributed by atoms with Crippen LogP contribution in [0.25, 0.3) is 0 Å². The van der Waals surface area contributed by atoms with Gasteiger partial charge in [-0.05, 0) is 31.0 Å². The largest absolute Gasteiger partial charge is 0.481 e. The molecule has 0 aromatic heterocycles. The van der Waals surface area contributed by atoms with Crippen molar-refractivity contribution in [3.63, 3.8) is 0 Å². The Balaban J connectivity index is 2.41. The van der Waals surface area contributed by atoms with Crippen LogP contribution in [0.15, 0.2) is 18.2 Å². The lowest BCUT2D eigenvalue weighted by Crippen LogP contribution is -2.25. The number of hydrogen-bond donors (Lipinski definition) is 3. The summed E-state index contributed by atoms with van der Waals surface area (Å²) in [4.78, 5) is 21.9. The molecule has 5 nitrogen and oxygen atoms in total. The highest BCUT2D eigenvalue weighted by atomic mass is 19.1. The normalized spacial score (nSPS) is 10.1. The second-order valence-corrected chi connectivity index (χ2v) is 3.84. The number of amides is 1. The van der Waals surface area contributed by atoms with Crippen LogP contribution in [-0.4, -0.2) is 23.5 Å². The number of unbranched alkanes of at least 4 members (excludes halogenated alkanes) is 1. The molecule has 0 heterocycles. The third-order valence-electron chi connectivity index (χ3n) is 2.36. The van der Waals surface area contributed by atoms with Crippen molar-refractivity contribution in [1.82, 2.24) is 5.32 Å². The smallest absolute Gasteiger partial charge is 0.303 e. The first-order valence-corrected chi connectivity index (χ1v) is 5.55. The molecular weight excluding hydrogens is 239 g/mol. The van der Waals surface area contributed by atoms with E-state index in [1.807, 2.05) is 0 Å². The number of benzene rings is 1. The standard InChI is InChI=1S/C12H15FN2O3/c13-8-4-5-10(14)9(7-8)12(18)15-6-2-1-3-11(16)17/h4-5,7H,1-3,6,14H2,(H,15,18)(H,16,17). The van der Waals surface area contributed by atoms with Crippen LogP contribution < -0.4 is 11.1 Å². The molecule has 0 aliphatic heterocycles. The van der Waals surface area contributed by atoms with E-state index in [1.54, 1.807) is 0 Å². The number of nitrogens with two attached hydrogens (primary N) is 1. The number of carbonyl (C=O) groups is 2. The second kappa shape index (κ2) is 6.58. The Labute approximate surface area is 104 Å². The fourth-order valence-corrected chi connectivity index (χ4v) is 1.42. The van der Waals surface area contributed by atoms with Gasteiger partial charge in [-0.1, -0.05) is 0 Å². The Bertz CT molecular complexity index is 449. The predicted molar refractivity (Wildman–Crippen MR) is 64.6 cm³/mol. The van der Waals surface area contributed by atoms with Crippen molar-refractivity contribution in [2.75, 3.05) is 12.3 Å². The molecule has 1 aromatic rings. The lowest BCUT2D eigenvalue weighted by Gasteiger charge is -2.07. The monoisotopic (exact) mass is 254 g/mol. The molecular formula is C12H15FN2O3. The molecule has 98 valence electrons. The molecule has 0 saturated carbocycles. The van der Waals surface area contributed by atoms with E-state index in [4.69, 9.17) is 10.8 Å². The minimum absolute atomic E-state index is 0.0674. The molecule has 0 radical (unpaired) electrons. The summed E-state index contributed by atoms with van der Waals surface area (Å²) in [5.41, 5.74) is 5.85. The van der Waals surface area contributed by atoms with Crippen LogP contribution in [0.1, 0.15) is 29.6 Å². The average Bonchev–Trinajstić information content (AvgIpc) is 2.31. The number of nitrogen functional groups attached to an aromatic ring is 1. The summed E-state index contributed by atoms with van der Waals surface area (Å²) < 4.78 is 12.9. The Morgan fingerprint density at radius 3 is 2.72 bits per heavy atom. The van der Waals surface area contributed by atoms with Gasteiger partial charge < -0.3 is 16.2 Å². The van der Waals surface area contributed by atoms with E-state index >= 15 is 0 Å². The van der Waals surface area contributed by atoms with Crippen LogP contribution in [0.4, 0.5) is 10.1 Å². The van der Waals surface area contributed by atoms with Crippen LogP contribution in [-0.2, 0) is 4.79 Å². The highest BCUT2D eigenvalue weighted by Gasteiger charge is 2.10. The van der Waals surface area contributed by atoms with Crippen molar-refractivity contribution in [3.05, 3.63) is 29.6 Å². The molecule has 1 rings (SSSR count). The van der Waals surface area contributed by atoms with Crippen molar-refractivity contribution >= 4 is 17.6 Å². The van der Waals surface area contributed by atoms with Gasteiger partial charge >= 0.3 is 5.97 Å². The van der Waals surface area contributed by atoms with Crippen molar-refractivity contribution in [2.45, 2.75) is 19.3 Å². The number of carboxylic acid groups (broad SMARTS) is 1. The summed E-state index contributed by atoms with van der Waals surface area (Å²) in [6, 6.07) is 3.58. The van der Waals surface area contributed by atoms with Crippen LogP contribution in [0, 0.1) is 5.82 Å². The number of rotatable bonds is 6. The van der Waals surface area contributed by atoms with E-state index in [2.05, 4.69) is 5.32 Å². The number of carbonyl (C=O) groups excluding carboxylic acids is 1. The lowest BCUT2D eigenvalue weighted by molar-refractivity contribution is -0.137. The summed E-state index contributed by atoms with van der Waals surface area (Å²) in [5, 5.41) is 11.0. The van der Waals surface area contributed by atoms with E-state index in [0.29, 0.717) is 19.4 Å². The Hall–Kier alpha value is -2.11. The van der Waals surface area contributed by atoms with Crippen molar-refractivity contribution < 1.29 is 19.1 Å². The minimum Gasteiger partial charge on any atom is -0.481 e. The molecule has 0 atom stereocenters. The summed E-state index contributed by atoms with van der Waals surface area (Å²) in [6.07, 6.45) is 1.10. The van der Waals surface area contributed by atoms with Gasteiger partial charge in [0.2, 0.25) is 0 Å². The number of anilines is 1. The highest BCUT2D eigenvalue weighted by molar-refractivity contribution is 5.99. The SMILES string of the molecule is Nc1ccc(F)cc1C(=O)NCCCCC(=O)O. The van der Waals surface area contributed by atoms with Crippen LogP contribution in [0.2, 0.25) is 0 Å². The van der Waals surface area contributed by atoms with Gasteiger partial charge in [0.25, 0.3) is 5.91 Å². The maximum atomic E-state index is 12.9. The lowest BCUT2D eigenvalue weighted by atomic mass is 10.1. The van der Waals surface area contributed by atoms with Gasteiger partial charge in [-0.25, -0.2) is 4.39 Å². The van der Waals surface area contributed by atoms with E-state index in [1.165, 1.54) is 12.1 Å². The van der Waals surface area contributed by atoms with Crippen LogP contribution in [0.3, 0.4) is 0 Å². The van der Waals surface area contributed by atoms with E-state index in [-0.39, 0.29) is 17.7 Å². The fraction of sp³-hybridized carbons (Fsp3) is 0.333. The van der Waals surface area contributed by atoms with Gasteiger partial charge in [-0.2, -0.15) is 0 Å². The third-order valence-corrected chi connectivity index (χ3v) is 2.36. The molecule has 0 unspecified atom stereocenters. The molecule has 0 saturated heterocycles. The molecule has 0 spiro atoms.